The molecule has 10 nitrogen and oxygen atoms in total. The molecular weight excluding hydrogens is 2600 g/mol. The van der Waals surface area contributed by atoms with Gasteiger partial charge in [0.05, 0.1) is 12.1 Å². The molecule has 10 aromatic rings. The zero-order chi connectivity index (χ0) is 96.2. The molecule has 28 heteroatoms. The van der Waals surface area contributed by atoms with E-state index in [-0.39, 0.29) is 71.3 Å². The fourth-order valence-corrected chi connectivity index (χ4v) is 67.0. The van der Waals surface area contributed by atoms with Crippen LogP contribution in [0.25, 0.3) is 3.06 Å². The van der Waals surface area contributed by atoms with Crippen LogP contribution < -0.4 is 91.0 Å². The first kappa shape index (κ1) is 111. The van der Waals surface area contributed by atoms with Crippen molar-refractivity contribution in [1.82, 2.24) is 0 Å². The van der Waals surface area contributed by atoms with Crippen LogP contribution in [0.1, 0.15) is 176 Å². The Balaban J connectivity index is 0.000000202. The Morgan fingerprint density at radius 1 is 0.457 bits per heavy atom. The molecule has 0 radical (unpaired) electrons. The van der Waals surface area contributed by atoms with Crippen LogP contribution in [-0.4, -0.2) is 52.4 Å². The summed E-state index contributed by atoms with van der Waals surface area (Å²) < 4.78 is 157. The van der Waals surface area contributed by atoms with Crippen molar-refractivity contribution in [2.75, 3.05) is 34.0 Å². The minimum Gasteiger partial charge on any atom is -0.846 e. The van der Waals surface area contributed by atoms with E-state index in [0.717, 1.165) is 28.3 Å². The molecule has 2 unspecified atom stereocenters. The number of nitrogens with zero attached hydrogens (tertiary/aromatic N) is 3. The van der Waals surface area contributed by atoms with Gasteiger partial charge < -0.3 is 5.11 Å². The minimum absolute atomic E-state index is 0.0217. The Bertz CT molecular complexity index is 5520. The third-order valence-electron chi connectivity index (χ3n) is 20.3. The normalized spacial score (nSPS) is 19.9. The van der Waals surface area contributed by atoms with Gasteiger partial charge in [-0.15, -0.1) is 0 Å². The van der Waals surface area contributed by atoms with Crippen molar-refractivity contribution in [2.45, 2.75) is 204 Å². The maximum absolute atomic E-state index is 16.5. The number of benzene rings is 10. The second kappa shape index (κ2) is 45.3. The molecule has 0 N–H and O–H groups in total. The monoisotopic (exact) mass is 2720 g/mol. The molecule has 0 fully saturated rings. The van der Waals surface area contributed by atoms with Gasteiger partial charge in [0, 0.05) is 13.8 Å². The Morgan fingerprint density at radius 2 is 0.822 bits per heavy atom. The van der Waals surface area contributed by atoms with E-state index in [4.69, 9.17) is 22.8 Å². The second-order valence-electron chi connectivity index (χ2n) is 34.0. The van der Waals surface area contributed by atoms with Crippen molar-refractivity contribution in [2.24, 2.45) is 0 Å². The molecule has 0 amide bonds. The van der Waals surface area contributed by atoms with Crippen molar-refractivity contribution in [1.29, 1.82) is 10.5 Å². The zero-order valence-corrected chi connectivity index (χ0v) is 96.4. The molecule has 129 heavy (non-hydrogen) atoms. The van der Waals surface area contributed by atoms with Crippen LogP contribution in [0.5, 0.6) is 0 Å². The van der Waals surface area contributed by atoms with Crippen molar-refractivity contribution < 1.29 is 139 Å². The number of rotatable bonds is 17. The Kier molecular flexibility index (Phi) is 38.9. The largest absolute Gasteiger partial charge is 0.846 e. The quantitative estimate of drug-likeness (QED) is 0.0285. The smallest absolute Gasteiger partial charge is 0.309 e. The maximum atomic E-state index is 16.5. The molecule has 5 aliphatic rings. The Morgan fingerprint density at radius 3 is 1.27 bits per heavy atom. The molecule has 5 heterocycles. The number of alkyl halides is 17. The number of nitriles is 2. The summed E-state index contributed by atoms with van der Waals surface area (Å²) in [4.78, 5) is 13.2. The number of hydrogen-bond acceptors (Lipinski definition) is 10. The minimum atomic E-state index is -4.32. The van der Waals surface area contributed by atoms with Gasteiger partial charge in [-0.3, -0.25) is 0 Å². The first-order chi connectivity index (χ1) is 60.0. The summed E-state index contributed by atoms with van der Waals surface area (Å²) in [5.74, 6) is 0. The third kappa shape index (κ3) is 26.6. The molecule has 10 aromatic carbocycles. The molecular formula is C101H119F8I8N3O7S2. The zero-order valence-electron chi connectivity index (χ0n) is 77.5. The fourth-order valence-electron chi connectivity index (χ4n) is 14.7. The van der Waals surface area contributed by atoms with Gasteiger partial charge in [0.15, 0.2) is 3.57 Å². The first-order valence-corrected chi connectivity index (χ1v) is 73.9. The van der Waals surface area contributed by atoms with E-state index >= 15 is 26.3 Å². The van der Waals surface area contributed by atoms with Crippen LogP contribution in [0.2, 0.25) is 0 Å². The predicted octanol–water partition coefficient (Wildman–Crippen LogP) is 16.3. The molecule has 0 bridgehead atoms. The van der Waals surface area contributed by atoms with Crippen LogP contribution in [0, 0.1) is 57.3 Å². The van der Waals surface area contributed by atoms with E-state index in [9.17, 15) is 19.0 Å². The van der Waals surface area contributed by atoms with Crippen molar-refractivity contribution in [3.05, 3.63) is 331 Å². The number of halogens is 16. The number of thioether (sulfide) groups is 2. The average Bonchev–Trinajstić information content (AvgIpc) is 1.52. The molecule has 5 aliphatic heterocycles. The fraction of sp³-hybridized carbons (Fsp3) is 0.376. The summed E-state index contributed by atoms with van der Waals surface area (Å²) in [7, 11) is 0. The predicted molar refractivity (Wildman–Crippen MR) is 527 cm³/mol. The van der Waals surface area contributed by atoms with E-state index in [1.165, 1.54) is 69.1 Å². The average molecular weight is 2720 g/mol. The van der Waals surface area contributed by atoms with E-state index in [1.807, 2.05) is 120 Å². The van der Waals surface area contributed by atoms with E-state index in [2.05, 4.69) is 155 Å². The summed E-state index contributed by atoms with van der Waals surface area (Å²) >= 11 is -17.6. The molecule has 0 saturated carbocycles. The number of fused-ring (bicyclic) bond motifs is 5. The van der Waals surface area contributed by atoms with Gasteiger partial charge >= 0.3 is 742 Å². The van der Waals surface area contributed by atoms with Crippen molar-refractivity contribution in [3.8, 4) is 18.2 Å². The summed E-state index contributed by atoms with van der Waals surface area (Å²) in [5.41, 5.74) is 3.53. The van der Waals surface area contributed by atoms with Crippen molar-refractivity contribution >= 4 is 104 Å². The molecule has 0 spiro atoms. The summed E-state index contributed by atoms with van der Waals surface area (Å²) in [5, 5.41) is 30.6. The Hall–Kier alpha value is -3.63. The third-order valence-corrected chi connectivity index (χ3v) is 69.0. The van der Waals surface area contributed by atoms with Crippen LogP contribution in [0.15, 0.2) is 265 Å². The van der Waals surface area contributed by atoms with Crippen molar-refractivity contribution in [3.63, 3.8) is 0 Å². The molecule has 0 aliphatic carbocycles. The molecule has 0 saturated heterocycles. The van der Waals surface area contributed by atoms with Gasteiger partial charge in [-0.1, -0.05) is 37.6 Å². The van der Waals surface area contributed by atoms with E-state index < -0.39 is 186 Å². The van der Waals surface area contributed by atoms with Gasteiger partial charge in [-0.25, -0.2) is 0 Å². The van der Waals surface area contributed by atoms with Gasteiger partial charge in [-0.05, 0) is 11.6 Å². The summed E-state index contributed by atoms with van der Waals surface area (Å²) in [6.45, 7) is 35.8. The van der Waals surface area contributed by atoms with Gasteiger partial charge in [0.25, 0.3) is 0 Å². The van der Waals surface area contributed by atoms with Crippen LogP contribution in [0.3, 0.4) is 0 Å². The standard InChI is InChI=1S/C28H30F4I2OS.C27H28F4I2O2S.C12H16INO.3C10H13IO.2C2H3N/c1-25(2,19-34(5)24-18-12-10-16-22(24)26(3,4)35)21-15-9-11-17-23(21)33-27(29,30)28(31,32)36-20-13-7-6-8-14-20;1-24(2)21-16-10-12-18-23(21)33(5,34-24)35-25(3,4)20-15-9-11-17-22(20)32(35)26(28,29)27(30,31)36-19-13-7-6-8-14-19;1-5-14-13(4)11-9-7-6-8-10(11)12(2,3)15-13;2*1-10(2)8-6-4-5-7-9(8)11(3)12-10;1-10(2,12)8-6-4-5-7-9(8)11-3;2*1-2-3/h6-18H,19H2,1-5H3;6-18H,1-5H3;6-9H,1-4H3;3*4-7H,1-3H3;2*1H3. The van der Waals surface area contributed by atoms with Gasteiger partial charge in [0.2, 0.25) is 0 Å². The molecule has 2 atom stereocenters. The summed E-state index contributed by atoms with van der Waals surface area (Å²) in [6.07, 6.45) is 0. The molecule has 704 valence electrons. The topological polar surface area (TPSA) is 138 Å². The van der Waals surface area contributed by atoms with Gasteiger partial charge in [-0.2, -0.15) is 10.5 Å². The second-order valence-corrected chi connectivity index (χ2v) is 74.3. The van der Waals surface area contributed by atoms with E-state index in [1.54, 1.807) is 125 Å². The van der Waals surface area contributed by atoms with E-state index in [0.29, 0.717) is 18.3 Å². The Labute approximate surface area is 830 Å². The summed E-state index contributed by atoms with van der Waals surface area (Å²) in [6, 6.07) is 84.3. The van der Waals surface area contributed by atoms with Gasteiger partial charge in [0.1, 0.15) is 4.93 Å². The van der Waals surface area contributed by atoms with Crippen LogP contribution in [-0.2, 0) is 57.9 Å². The first-order valence-electron chi connectivity index (χ1n) is 40.7. The molecule has 0 aromatic heterocycles. The number of hydrogen-bond donors (Lipinski definition) is 0. The SMILES string of the molecule is CC#N.CC#N.CC#[N+][I-]1(C)OC(C)(C)c2ccccc21.CC1(C)O[I-](C)([O+]2I(C(F)(F)C(F)(F)Sc3ccccc3)c3ccccc3C2(C)C)c2ccccc21.CI(CC(C)(C)c1ccccc1[I+]C(F)(F)C(F)(F)Sc1ccccc1)c1ccccc1C(C)(C)[O-].CI1OC(C)(C)c2ccccc21.CI1OC(C)(C)c2ccccc21.C[I+]c1ccccc1C(C)(C)[O-]. The maximum Gasteiger partial charge on any atom is 0.309 e. The van der Waals surface area contributed by atoms with Crippen LogP contribution in [0.4, 0.5) is 35.1 Å². The van der Waals surface area contributed by atoms with Crippen LogP contribution >= 0.6 is 104 Å². The molecule has 15 rings (SSSR count).